The van der Waals surface area contributed by atoms with Gasteiger partial charge in [-0.05, 0) is 17.3 Å². The van der Waals surface area contributed by atoms with Crippen LogP contribution in [0.4, 0.5) is 11.6 Å². The number of H-pyrrole nitrogens is 4. The van der Waals surface area contributed by atoms with E-state index >= 15 is 0 Å². The van der Waals surface area contributed by atoms with E-state index in [9.17, 15) is 0 Å². The van der Waals surface area contributed by atoms with Crippen molar-refractivity contribution in [3.05, 3.63) is 54.8 Å². The Labute approximate surface area is 164 Å². The van der Waals surface area contributed by atoms with Gasteiger partial charge in [-0.3, -0.25) is 10.00 Å². The number of aromatic nitrogens is 13. The van der Waals surface area contributed by atoms with Gasteiger partial charge in [0, 0.05) is 6.20 Å². The van der Waals surface area contributed by atoms with Crippen LogP contribution in [0.2, 0.25) is 0 Å². The fourth-order valence-corrected chi connectivity index (χ4v) is 3.41. The molecule has 2 atom stereocenters. The SMILES string of the molecule is c1c[nH]c(N2C(c3nn[nH]n3)ON(c3cn[nH]n3)C2(c2ncn[nH]2)c2nnco2)c1. The average molecular weight is 409 g/mol. The van der Waals surface area contributed by atoms with Crippen LogP contribution in [-0.2, 0) is 10.5 Å². The van der Waals surface area contributed by atoms with Crippen LogP contribution in [0.25, 0.3) is 0 Å². The van der Waals surface area contributed by atoms with Crippen LogP contribution in [0.1, 0.15) is 23.8 Å². The lowest BCUT2D eigenvalue weighted by Crippen LogP contribution is -2.54. The molecule has 1 aliphatic heterocycles. The number of nitrogens with zero attached hydrogens (tertiary/aromatic N) is 11. The first-order valence-electron chi connectivity index (χ1n) is 8.50. The lowest BCUT2D eigenvalue weighted by molar-refractivity contribution is 0.0683. The summed E-state index contributed by atoms with van der Waals surface area (Å²) in [6.07, 6.45) is 4.86. The number of hydrogen-bond donors (Lipinski definition) is 4. The Balaban J connectivity index is 1.68. The van der Waals surface area contributed by atoms with Gasteiger partial charge < -0.3 is 9.40 Å². The zero-order valence-electron chi connectivity index (χ0n) is 14.8. The first-order chi connectivity index (χ1) is 14.9. The second-order valence-electron chi connectivity index (χ2n) is 6.03. The number of aromatic amines is 4. The number of hydrogen-bond acceptors (Lipinski definition) is 13. The monoisotopic (exact) mass is 409 g/mol. The number of anilines is 2. The smallest absolute Gasteiger partial charge is 0.282 e. The summed E-state index contributed by atoms with van der Waals surface area (Å²) < 4.78 is 5.66. The highest BCUT2D eigenvalue weighted by Gasteiger charge is 2.64. The van der Waals surface area contributed by atoms with Gasteiger partial charge in [0.2, 0.25) is 18.4 Å². The zero-order chi connectivity index (χ0) is 20.0. The van der Waals surface area contributed by atoms with Gasteiger partial charge in [-0.1, -0.05) is 0 Å². The van der Waals surface area contributed by atoms with Crippen LogP contribution in [0.3, 0.4) is 0 Å². The third-order valence-electron chi connectivity index (χ3n) is 4.52. The summed E-state index contributed by atoms with van der Waals surface area (Å²) in [5, 5.41) is 41.2. The summed E-state index contributed by atoms with van der Waals surface area (Å²) in [6.45, 7) is 0. The molecule has 0 aliphatic carbocycles. The summed E-state index contributed by atoms with van der Waals surface area (Å²) in [5.41, 5.74) is -1.49. The maximum Gasteiger partial charge on any atom is 0.282 e. The number of rotatable bonds is 5. The van der Waals surface area contributed by atoms with Gasteiger partial charge in [0.05, 0.1) is 6.20 Å². The Morgan fingerprint density at radius 1 is 1.13 bits per heavy atom. The fraction of sp³-hybridized carbons (Fsp3) is 0.154. The van der Waals surface area contributed by atoms with E-state index < -0.39 is 11.9 Å². The van der Waals surface area contributed by atoms with Gasteiger partial charge in [0.1, 0.15) is 12.1 Å². The van der Waals surface area contributed by atoms with E-state index in [-0.39, 0.29) is 11.7 Å². The lowest BCUT2D eigenvalue weighted by Gasteiger charge is -2.36. The van der Waals surface area contributed by atoms with Crippen LogP contribution < -0.4 is 9.96 Å². The highest BCUT2D eigenvalue weighted by molar-refractivity contribution is 5.57. The van der Waals surface area contributed by atoms with Gasteiger partial charge >= 0.3 is 0 Å². The first-order valence-corrected chi connectivity index (χ1v) is 8.50. The van der Waals surface area contributed by atoms with Gasteiger partial charge in [-0.25, -0.2) is 9.82 Å². The minimum Gasteiger partial charge on any atom is -0.423 e. The molecular formula is C13H11N15O2. The van der Waals surface area contributed by atoms with Gasteiger partial charge in [0.25, 0.3) is 11.6 Å². The molecule has 6 heterocycles. The van der Waals surface area contributed by atoms with Crippen LogP contribution >= 0.6 is 0 Å². The number of nitrogens with one attached hydrogen (secondary N) is 4. The number of hydroxylamine groups is 1. The van der Waals surface area contributed by atoms with Crippen LogP contribution in [0.15, 0.2) is 41.7 Å². The Kier molecular flexibility index (Phi) is 3.35. The van der Waals surface area contributed by atoms with E-state index in [4.69, 9.17) is 9.25 Å². The van der Waals surface area contributed by atoms with Crippen molar-refractivity contribution in [1.82, 2.24) is 66.4 Å². The Morgan fingerprint density at radius 2 is 2.13 bits per heavy atom. The van der Waals surface area contributed by atoms with Crippen molar-refractivity contribution < 1.29 is 9.25 Å². The summed E-state index contributed by atoms with van der Waals surface area (Å²) in [5.74, 6) is 1.55. The second-order valence-corrected chi connectivity index (χ2v) is 6.03. The summed E-state index contributed by atoms with van der Waals surface area (Å²) in [7, 11) is 0. The molecule has 0 spiro atoms. The van der Waals surface area contributed by atoms with Crippen molar-refractivity contribution in [3.63, 3.8) is 0 Å². The van der Waals surface area contributed by atoms with Crippen molar-refractivity contribution in [2.75, 3.05) is 9.96 Å². The third kappa shape index (κ3) is 2.11. The summed E-state index contributed by atoms with van der Waals surface area (Å²) in [6, 6.07) is 3.64. The van der Waals surface area contributed by atoms with Crippen LogP contribution in [0, 0.1) is 0 Å². The van der Waals surface area contributed by atoms with Crippen LogP contribution in [0.5, 0.6) is 0 Å². The molecule has 4 N–H and O–H groups in total. The first kappa shape index (κ1) is 16.3. The molecule has 0 amide bonds. The zero-order valence-corrected chi connectivity index (χ0v) is 14.8. The van der Waals surface area contributed by atoms with E-state index in [1.165, 1.54) is 24.0 Å². The van der Waals surface area contributed by atoms with Crippen molar-refractivity contribution >= 4 is 11.6 Å². The van der Waals surface area contributed by atoms with Gasteiger partial charge in [-0.2, -0.15) is 25.7 Å². The molecule has 1 fully saturated rings. The summed E-state index contributed by atoms with van der Waals surface area (Å²) >= 11 is 0. The van der Waals surface area contributed by atoms with E-state index in [1.54, 1.807) is 11.1 Å². The molecule has 150 valence electrons. The largest absolute Gasteiger partial charge is 0.423 e. The molecule has 0 radical (unpaired) electrons. The molecule has 17 nitrogen and oxygen atoms in total. The topological polar surface area (TPSA) is 208 Å². The molecule has 6 rings (SSSR count). The predicted octanol–water partition coefficient (Wildman–Crippen LogP) is -0.995. The molecule has 0 bridgehead atoms. The van der Waals surface area contributed by atoms with E-state index in [2.05, 4.69) is 66.4 Å². The molecular weight excluding hydrogens is 398 g/mol. The maximum absolute atomic E-state index is 6.27. The molecule has 5 aromatic rings. The molecule has 30 heavy (non-hydrogen) atoms. The third-order valence-corrected chi connectivity index (χ3v) is 4.52. The standard InChI is InChI=1S/C13H11N15O2/c1-2-7(14-3-1)27-10(9-20-25-26-21-9)30-28(8-4-16-24-19-8)13(27,11-15-5-17-22-11)12-23-18-6-29-12/h1-6,10,14H,(H,15,17,22)(H,16,19,24)(H,20,21,25,26). The van der Waals surface area contributed by atoms with Crippen LogP contribution in [-0.4, -0.2) is 66.4 Å². The highest BCUT2D eigenvalue weighted by atomic mass is 16.7. The maximum atomic E-state index is 6.27. The average Bonchev–Trinajstić information content (AvgIpc) is 3.62. The molecule has 1 aliphatic rings. The van der Waals surface area contributed by atoms with E-state index in [1.807, 2.05) is 12.1 Å². The fourth-order valence-electron chi connectivity index (χ4n) is 3.41. The van der Waals surface area contributed by atoms with E-state index in [0.717, 1.165) is 0 Å². The van der Waals surface area contributed by atoms with Crippen molar-refractivity contribution in [3.8, 4) is 0 Å². The second kappa shape index (κ2) is 6.17. The lowest BCUT2D eigenvalue weighted by atomic mass is 10.1. The normalized spacial score (nSPS) is 21.5. The Morgan fingerprint density at radius 3 is 2.80 bits per heavy atom. The van der Waals surface area contributed by atoms with Gasteiger partial charge in [-0.15, -0.1) is 25.5 Å². The molecule has 0 saturated carbocycles. The minimum atomic E-state index is -1.49. The Hall–Kier alpha value is -4.67. The molecule has 1 saturated heterocycles. The molecule has 2 unspecified atom stereocenters. The minimum absolute atomic E-state index is 0.114. The number of tetrazole rings is 1. The quantitative estimate of drug-likeness (QED) is 0.275. The molecule has 0 aromatic carbocycles. The predicted molar refractivity (Wildman–Crippen MR) is 91.6 cm³/mol. The summed E-state index contributed by atoms with van der Waals surface area (Å²) in [4.78, 5) is 15.5. The Bertz CT molecular complexity index is 1150. The van der Waals surface area contributed by atoms with E-state index in [0.29, 0.717) is 17.5 Å². The molecule has 5 aromatic heterocycles. The van der Waals surface area contributed by atoms with Crippen molar-refractivity contribution in [2.24, 2.45) is 0 Å². The van der Waals surface area contributed by atoms with Gasteiger partial charge in [0.15, 0.2) is 11.6 Å². The van der Waals surface area contributed by atoms with Crippen molar-refractivity contribution in [1.29, 1.82) is 0 Å². The highest BCUT2D eigenvalue weighted by Crippen LogP contribution is 2.51. The van der Waals surface area contributed by atoms with Crippen molar-refractivity contribution in [2.45, 2.75) is 11.9 Å². The molecule has 17 heteroatoms.